The molecule has 1 unspecified atom stereocenters. The molecule has 2 heterocycles. The highest BCUT2D eigenvalue weighted by Crippen LogP contribution is 2.26. The van der Waals surface area contributed by atoms with E-state index < -0.39 is 0 Å². The Labute approximate surface area is 214 Å². The quantitative estimate of drug-likeness (QED) is 0.208. The van der Waals surface area contributed by atoms with Crippen molar-refractivity contribution < 1.29 is 0 Å². The lowest BCUT2D eigenvalue weighted by Gasteiger charge is -2.30. The van der Waals surface area contributed by atoms with Gasteiger partial charge >= 0.3 is 0 Å². The molecule has 3 nitrogen and oxygen atoms in total. The monoisotopic (exact) mass is 522 g/mol. The zero-order chi connectivity index (χ0) is 25.4. The number of hydrogen-bond donors (Lipinski definition) is 0. The van der Waals surface area contributed by atoms with Gasteiger partial charge in [-0.3, -0.25) is 4.79 Å². The van der Waals surface area contributed by atoms with Crippen molar-refractivity contribution in [2.45, 2.75) is 65.9 Å². The van der Waals surface area contributed by atoms with Crippen molar-refractivity contribution >= 4 is 32.4 Å². The number of pyridine rings is 1. The maximum absolute atomic E-state index is 13.5. The molecule has 1 aromatic carbocycles. The van der Waals surface area contributed by atoms with Crippen molar-refractivity contribution in [2.75, 3.05) is 7.05 Å². The molecule has 1 aliphatic rings. The minimum atomic E-state index is 0.0639. The van der Waals surface area contributed by atoms with E-state index in [4.69, 9.17) is 0 Å². The van der Waals surface area contributed by atoms with E-state index in [0.717, 1.165) is 34.2 Å². The SMILES string of the molecule is C=C(C/C=C\C(C)=C(\C)CC)c1c(C)n(CC2=CC=CC(Br)N2C)c2ccccc2c1=O.CC. The number of likely N-dealkylation sites (N-methyl/N-ethyl adjacent to an activating group) is 1. The van der Waals surface area contributed by atoms with Gasteiger partial charge in [-0.05, 0) is 57.4 Å². The van der Waals surface area contributed by atoms with Crippen LogP contribution in [0.3, 0.4) is 0 Å². The van der Waals surface area contributed by atoms with Crippen LogP contribution in [-0.4, -0.2) is 21.5 Å². The summed E-state index contributed by atoms with van der Waals surface area (Å²) in [5.41, 5.74) is 7.39. The Morgan fingerprint density at radius 1 is 1.21 bits per heavy atom. The van der Waals surface area contributed by atoms with E-state index in [1.807, 2.05) is 45.0 Å². The molecule has 0 bridgehead atoms. The average Bonchev–Trinajstić information content (AvgIpc) is 2.85. The van der Waals surface area contributed by atoms with Crippen LogP contribution < -0.4 is 5.43 Å². The number of alkyl halides is 1. The van der Waals surface area contributed by atoms with E-state index in [2.05, 4.69) is 90.2 Å². The largest absolute Gasteiger partial charge is 0.360 e. The fraction of sp³-hybridized carbons (Fsp3) is 0.367. The first-order valence-electron chi connectivity index (χ1n) is 12.1. The van der Waals surface area contributed by atoms with E-state index in [0.29, 0.717) is 13.0 Å². The van der Waals surface area contributed by atoms with Gasteiger partial charge in [0, 0.05) is 29.4 Å². The number of halogens is 1. The molecule has 182 valence electrons. The Morgan fingerprint density at radius 3 is 2.56 bits per heavy atom. The van der Waals surface area contributed by atoms with Crippen LogP contribution in [0.15, 0.2) is 82.9 Å². The van der Waals surface area contributed by atoms with Gasteiger partial charge < -0.3 is 9.47 Å². The maximum Gasteiger partial charge on any atom is 0.197 e. The lowest BCUT2D eigenvalue weighted by atomic mass is 9.98. The van der Waals surface area contributed by atoms with Crippen molar-refractivity contribution in [3.63, 3.8) is 0 Å². The van der Waals surface area contributed by atoms with E-state index in [1.165, 1.54) is 16.8 Å². The van der Waals surface area contributed by atoms with E-state index in [-0.39, 0.29) is 10.4 Å². The molecule has 2 aromatic rings. The molecule has 0 spiro atoms. The summed E-state index contributed by atoms with van der Waals surface area (Å²) >= 11 is 3.69. The van der Waals surface area contributed by atoms with Crippen molar-refractivity contribution in [3.05, 3.63) is 99.5 Å². The van der Waals surface area contributed by atoms with Gasteiger partial charge in [0.25, 0.3) is 0 Å². The van der Waals surface area contributed by atoms with Gasteiger partial charge in [0.05, 0.1) is 12.1 Å². The molecule has 0 amide bonds. The van der Waals surface area contributed by atoms with Crippen LogP contribution in [0.25, 0.3) is 16.5 Å². The third-order valence-corrected chi connectivity index (χ3v) is 7.34. The molecule has 0 saturated carbocycles. The molecule has 1 aromatic heterocycles. The summed E-state index contributed by atoms with van der Waals surface area (Å²) < 4.78 is 2.24. The summed E-state index contributed by atoms with van der Waals surface area (Å²) in [6.07, 6.45) is 12.3. The topological polar surface area (TPSA) is 25.2 Å². The predicted octanol–water partition coefficient (Wildman–Crippen LogP) is 8.15. The second-order valence-corrected chi connectivity index (χ2v) is 9.38. The molecule has 1 aliphatic heterocycles. The fourth-order valence-corrected chi connectivity index (χ4v) is 4.47. The summed E-state index contributed by atoms with van der Waals surface area (Å²) in [5, 5.41) is 0.737. The van der Waals surface area contributed by atoms with Crippen LogP contribution in [0, 0.1) is 6.92 Å². The second-order valence-electron chi connectivity index (χ2n) is 8.45. The number of rotatable bonds is 7. The zero-order valence-corrected chi connectivity index (χ0v) is 23.4. The molecule has 3 rings (SSSR count). The summed E-state index contributed by atoms with van der Waals surface area (Å²) in [6, 6.07) is 7.87. The van der Waals surface area contributed by atoms with E-state index >= 15 is 0 Å². The van der Waals surface area contributed by atoms with Crippen LogP contribution in [-0.2, 0) is 6.54 Å². The van der Waals surface area contributed by atoms with Gasteiger partial charge in [-0.25, -0.2) is 0 Å². The lowest BCUT2D eigenvalue weighted by Crippen LogP contribution is -2.30. The third-order valence-electron chi connectivity index (χ3n) is 6.42. The van der Waals surface area contributed by atoms with E-state index in [1.54, 1.807) is 0 Å². The maximum atomic E-state index is 13.5. The van der Waals surface area contributed by atoms with Crippen molar-refractivity contribution in [1.29, 1.82) is 0 Å². The van der Waals surface area contributed by atoms with Crippen LogP contribution in [0.4, 0.5) is 0 Å². The third kappa shape index (κ3) is 6.09. The summed E-state index contributed by atoms with van der Waals surface area (Å²) in [5.74, 6) is 0. The normalized spacial score (nSPS) is 16.3. The molecule has 0 radical (unpaired) electrons. The van der Waals surface area contributed by atoms with Crippen molar-refractivity contribution in [2.24, 2.45) is 0 Å². The van der Waals surface area contributed by atoms with Gasteiger partial charge in [0.15, 0.2) is 5.43 Å². The number of fused-ring (bicyclic) bond motifs is 1. The molecule has 0 aliphatic carbocycles. The number of aromatic nitrogens is 1. The highest BCUT2D eigenvalue weighted by molar-refractivity contribution is 9.09. The van der Waals surface area contributed by atoms with E-state index in [9.17, 15) is 4.79 Å². The molecule has 1 atom stereocenters. The number of allylic oxidation sites excluding steroid dienone is 8. The Kier molecular flexibility index (Phi) is 10.4. The first kappa shape index (κ1) is 27.7. The Morgan fingerprint density at radius 2 is 1.88 bits per heavy atom. The Bertz CT molecular complexity index is 1210. The summed E-state index contributed by atoms with van der Waals surface area (Å²) in [7, 11) is 2.08. The summed E-state index contributed by atoms with van der Waals surface area (Å²) in [6.45, 7) is 17.5. The van der Waals surface area contributed by atoms with Crippen LogP contribution >= 0.6 is 15.9 Å². The van der Waals surface area contributed by atoms with Gasteiger partial charge in [0.2, 0.25) is 0 Å². The molecular weight excluding hydrogens is 484 g/mol. The molecular formula is C30H39BrN2O. The molecule has 34 heavy (non-hydrogen) atoms. The highest BCUT2D eigenvalue weighted by atomic mass is 79.9. The lowest BCUT2D eigenvalue weighted by molar-refractivity contribution is 0.407. The van der Waals surface area contributed by atoms with Gasteiger partial charge in [-0.2, -0.15) is 0 Å². The Hall–Kier alpha value is -2.59. The van der Waals surface area contributed by atoms with Gasteiger partial charge in [0.1, 0.15) is 4.95 Å². The smallest absolute Gasteiger partial charge is 0.197 e. The predicted molar refractivity (Wildman–Crippen MR) is 153 cm³/mol. The number of para-hydroxylation sites is 1. The number of benzene rings is 1. The second kappa shape index (κ2) is 12.8. The van der Waals surface area contributed by atoms with Gasteiger partial charge in [-0.1, -0.05) is 90.9 Å². The van der Waals surface area contributed by atoms with Crippen molar-refractivity contribution in [1.82, 2.24) is 9.47 Å². The van der Waals surface area contributed by atoms with Crippen molar-refractivity contribution in [3.8, 4) is 0 Å². The molecule has 0 fully saturated rings. The molecule has 0 N–H and O–H groups in total. The number of hydrogen-bond acceptors (Lipinski definition) is 2. The van der Waals surface area contributed by atoms with Crippen LogP contribution in [0.2, 0.25) is 0 Å². The first-order chi connectivity index (χ1) is 16.3. The van der Waals surface area contributed by atoms with Crippen LogP contribution in [0.1, 0.15) is 58.7 Å². The summed E-state index contributed by atoms with van der Waals surface area (Å²) in [4.78, 5) is 15.8. The minimum Gasteiger partial charge on any atom is -0.360 e. The van der Waals surface area contributed by atoms with Crippen LogP contribution in [0.5, 0.6) is 0 Å². The average molecular weight is 524 g/mol. The first-order valence-corrected chi connectivity index (χ1v) is 13.0. The van der Waals surface area contributed by atoms with Gasteiger partial charge in [-0.15, -0.1) is 0 Å². The standard InChI is InChI=1S/C28H33BrN2O.C2H6/c1-7-19(2)20(3)12-10-13-21(4)27-22(5)31(18-23-14-11-17-26(29)30(23)6)25-16-9-8-15-24(25)28(27)32;1-2/h8-12,14-17,26H,4,7,13,18H2,1-3,5-6H3;1-2H3/b12-10-,20-19-;. The Balaban J connectivity index is 0.00000199. The minimum absolute atomic E-state index is 0.0639. The molecule has 4 heteroatoms. The zero-order valence-electron chi connectivity index (χ0n) is 21.8. The highest BCUT2D eigenvalue weighted by Gasteiger charge is 2.19. The molecule has 0 saturated heterocycles. The number of nitrogens with zero attached hydrogens (tertiary/aromatic N) is 2. The fourth-order valence-electron chi connectivity index (χ4n) is 4.03.